The van der Waals surface area contributed by atoms with Crippen LogP contribution in [0.2, 0.25) is 0 Å². The van der Waals surface area contributed by atoms with Crippen molar-refractivity contribution in [3.05, 3.63) is 35.4 Å². The van der Waals surface area contributed by atoms with Crippen molar-refractivity contribution >= 4 is 5.97 Å². The molecule has 24 heavy (non-hydrogen) atoms. The van der Waals surface area contributed by atoms with Gasteiger partial charge in [0.05, 0.1) is 18.3 Å². The van der Waals surface area contributed by atoms with Gasteiger partial charge in [0, 0.05) is 11.5 Å². The summed E-state index contributed by atoms with van der Waals surface area (Å²) in [6, 6.07) is 6.73. The lowest BCUT2D eigenvalue weighted by Gasteiger charge is -2.35. The van der Waals surface area contributed by atoms with Crippen LogP contribution in [0.1, 0.15) is 81.0 Å². The second-order valence-corrected chi connectivity index (χ2v) is 6.75. The van der Waals surface area contributed by atoms with Gasteiger partial charge < -0.3 is 14.6 Å². The van der Waals surface area contributed by atoms with Gasteiger partial charge in [-0.3, -0.25) is 0 Å². The fourth-order valence-electron chi connectivity index (χ4n) is 3.15. The molecule has 0 saturated carbocycles. The molecule has 1 saturated heterocycles. The summed E-state index contributed by atoms with van der Waals surface area (Å²) in [5.41, 5.74) is 1.16. The maximum atomic E-state index is 10.9. The zero-order valence-corrected chi connectivity index (χ0v) is 14.9. The normalized spacial score (nSPS) is 24.0. The molecule has 0 amide bonds. The van der Waals surface area contributed by atoms with Crippen LogP contribution in [0, 0.1) is 5.92 Å². The van der Waals surface area contributed by atoms with Crippen LogP contribution in [-0.4, -0.2) is 23.8 Å². The first kappa shape index (κ1) is 18.9. The second kappa shape index (κ2) is 9.80. The number of hydrogen-bond acceptors (Lipinski definition) is 3. The van der Waals surface area contributed by atoms with Crippen molar-refractivity contribution in [1.29, 1.82) is 0 Å². The Morgan fingerprint density at radius 1 is 1.12 bits per heavy atom. The van der Waals surface area contributed by atoms with Crippen molar-refractivity contribution < 1.29 is 19.4 Å². The average Bonchev–Trinajstić information content (AvgIpc) is 2.59. The molecular weight excluding hydrogens is 304 g/mol. The maximum absolute atomic E-state index is 10.9. The number of rotatable bonds is 9. The minimum absolute atomic E-state index is 0.165. The van der Waals surface area contributed by atoms with Crippen molar-refractivity contribution in [2.75, 3.05) is 6.61 Å². The van der Waals surface area contributed by atoms with Gasteiger partial charge in [-0.2, -0.15) is 0 Å². The Hall–Kier alpha value is -1.39. The fourth-order valence-corrected chi connectivity index (χ4v) is 3.15. The number of aromatic carboxylic acids is 1. The number of carboxylic acid groups (broad SMARTS) is 1. The summed E-state index contributed by atoms with van der Waals surface area (Å²) in [5.74, 6) is -0.467. The summed E-state index contributed by atoms with van der Waals surface area (Å²) in [6.07, 6.45) is 8.77. The van der Waals surface area contributed by atoms with Gasteiger partial charge in [-0.25, -0.2) is 4.79 Å². The zero-order chi connectivity index (χ0) is 17.4. The van der Waals surface area contributed by atoms with Crippen LogP contribution in [0.4, 0.5) is 0 Å². The summed E-state index contributed by atoms with van der Waals surface area (Å²) in [7, 11) is 0. The molecule has 0 spiro atoms. The number of ether oxygens (including phenoxy) is 2. The molecule has 134 valence electrons. The lowest BCUT2D eigenvalue weighted by Crippen LogP contribution is -2.34. The van der Waals surface area contributed by atoms with Gasteiger partial charge in [0.2, 0.25) is 0 Å². The fraction of sp³-hybridized carbons (Fsp3) is 0.650. The van der Waals surface area contributed by atoms with E-state index in [1.54, 1.807) is 24.3 Å². The largest absolute Gasteiger partial charge is 0.478 e. The van der Waals surface area contributed by atoms with Gasteiger partial charge in [-0.05, 0) is 25.5 Å². The lowest BCUT2D eigenvalue weighted by molar-refractivity contribution is -0.237. The Bertz CT molecular complexity index is 497. The van der Waals surface area contributed by atoms with E-state index in [-0.39, 0.29) is 18.0 Å². The Labute approximate surface area is 145 Å². The van der Waals surface area contributed by atoms with E-state index in [0.717, 1.165) is 12.0 Å². The molecule has 0 bridgehead atoms. The third-order valence-corrected chi connectivity index (χ3v) is 4.82. The van der Waals surface area contributed by atoms with Crippen molar-refractivity contribution in [2.45, 2.75) is 71.2 Å². The van der Waals surface area contributed by atoms with E-state index in [0.29, 0.717) is 12.5 Å². The molecule has 4 heteroatoms. The highest BCUT2D eigenvalue weighted by molar-refractivity contribution is 5.87. The van der Waals surface area contributed by atoms with E-state index in [9.17, 15) is 4.79 Å². The topological polar surface area (TPSA) is 55.8 Å². The summed E-state index contributed by atoms with van der Waals surface area (Å²) in [5, 5.41) is 8.95. The molecule has 0 radical (unpaired) electrons. The van der Waals surface area contributed by atoms with Crippen molar-refractivity contribution in [1.82, 2.24) is 0 Å². The van der Waals surface area contributed by atoms with Crippen LogP contribution in [-0.2, 0) is 9.47 Å². The Morgan fingerprint density at radius 3 is 2.42 bits per heavy atom. The molecule has 1 N–H and O–H groups in total. The number of carboxylic acids is 1. The number of unbranched alkanes of at least 4 members (excludes halogenated alkanes) is 5. The molecule has 1 aliphatic rings. The van der Waals surface area contributed by atoms with Gasteiger partial charge in [0.15, 0.2) is 6.29 Å². The van der Waals surface area contributed by atoms with Gasteiger partial charge in [-0.1, -0.05) is 57.6 Å². The van der Waals surface area contributed by atoms with Gasteiger partial charge >= 0.3 is 5.97 Å². The third-order valence-electron chi connectivity index (χ3n) is 4.82. The Balaban J connectivity index is 1.74. The van der Waals surface area contributed by atoms with E-state index >= 15 is 0 Å². The van der Waals surface area contributed by atoms with Crippen LogP contribution in [0.15, 0.2) is 24.3 Å². The molecule has 3 unspecified atom stereocenters. The first-order chi connectivity index (χ1) is 11.6. The summed E-state index contributed by atoms with van der Waals surface area (Å²) >= 11 is 0. The highest BCUT2D eigenvalue weighted by atomic mass is 16.7. The molecule has 1 fully saturated rings. The highest BCUT2D eigenvalue weighted by Gasteiger charge is 2.29. The Kier molecular flexibility index (Phi) is 7.73. The molecule has 1 aromatic carbocycles. The number of carbonyl (C=O) groups is 1. The smallest absolute Gasteiger partial charge is 0.335 e. The average molecular weight is 334 g/mol. The molecular formula is C20H30O4. The van der Waals surface area contributed by atoms with Crippen molar-refractivity contribution in [3.8, 4) is 0 Å². The van der Waals surface area contributed by atoms with Crippen LogP contribution >= 0.6 is 0 Å². The SMILES string of the molecule is CCCCCCCCC1COC(c2ccc(C(=O)O)cc2)OC1C. The van der Waals surface area contributed by atoms with E-state index in [2.05, 4.69) is 13.8 Å². The summed E-state index contributed by atoms with van der Waals surface area (Å²) < 4.78 is 11.9. The quantitative estimate of drug-likeness (QED) is 0.632. The first-order valence-corrected chi connectivity index (χ1v) is 9.22. The molecule has 1 heterocycles. The number of hydrogen-bond donors (Lipinski definition) is 1. The van der Waals surface area contributed by atoms with E-state index < -0.39 is 5.97 Å². The van der Waals surface area contributed by atoms with Crippen molar-refractivity contribution in [3.63, 3.8) is 0 Å². The predicted molar refractivity (Wildman–Crippen MR) is 94.1 cm³/mol. The zero-order valence-electron chi connectivity index (χ0n) is 14.9. The van der Waals surface area contributed by atoms with Gasteiger partial charge in [0.1, 0.15) is 0 Å². The van der Waals surface area contributed by atoms with Crippen LogP contribution in [0.5, 0.6) is 0 Å². The van der Waals surface area contributed by atoms with Crippen molar-refractivity contribution in [2.24, 2.45) is 5.92 Å². The number of benzene rings is 1. The Morgan fingerprint density at radius 2 is 1.79 bits per heavy atom. The molecule has 1 aliphatic heterocycles. The maximum Gasteiger partial charge on any atom is 0.335 e. The van der Waals surface area contributed by atoms with Crippen LogP contribution in [0.25, 0.3) is 0 Å². The minimum atomic E-state index is -0.917. The van der Waals surface area contributed by atoms with Gasteiger partial charge in [0.25, 0.3) is 0 Å². The molecule has 4 nitrogen and oxygen atoms in total. The van der Waals surface area contributed by atoms with Crippen LogP contribution < -0.4 is 0 Å². The second-order valence-electron chi connectivity index (χ2n) is 6.75. The molecule has 0 aliphatic carbocycles. The summed E-state index contributed by atoms with van der Waals surface area (Å²) in [4.78, 5) is 10.9. The van der Waals surface area contributed by atoms with E-state index in [1.807, 2.05) is 0 Å². The van der Waals surface area contributed by atoms with Crippen LogP contribution in [0.3, 0.4) is 0 Å². The first-order valence-electron chi connectivity index (χ1n) is 9.22. The summed E-state index contributed by atoms with van der Waals surface area (Å²) in [6.45, 7) is 5.06. The molecule has 2 rings (SSSR count). The minimum Gasteiger partial charge on any atom is -0.478 e. The lowest BCUT2D eigenvalue weighted by atomic mass is 9.95. The highest BCUT2D eigenvalue weighted by Crippen LogP contribution is 2.31. The van der Waals surface area contributed by atoms with E-state index in [1.165, 1.54) is 38.5 Å². The van der Waals surface area contributed by atoms with Gasteiger partial charge in [-0.15, -0.1) is 0 Å². The standard InChI is InChI=1S/C20H30O4/c1-3-4-5-6-7-8-9-18-14-23-20(24-15(18)2)17-12-10-16(11-13-17)19(21)22/h10-13,15,18,20H,3-9,14H2,1-2H3,(H,21,22). The molecule has 0 aromatic heterocycles. The predicted octanol–water partition coefficient (Wildman–Crippen LogP) is 5.19. The third kappa shape index (κ3) is 5.60. The van der Waals surface area contributed by atoms with E-state index in [4.69, 9.17) is 14.6 Å². The molecule has 3 atom stereocenters. The monoisotopic (exact) mass is 334 g/mol. The molecule has 1 aromatic rings.